The molecule has 2 atom stereocenters. The van der Waals surface area contributed by atoms with E-state index in [1.165, 1.54) is 12.1 Å². The van der Waals surface area contributed by atoms with Gasteiger partial charge in [0, 0.05) is 4.92 Å². The maximum absolute atomic E-state index is 11.4. The van der Waals surface area contributed by atoms with Crippen LogP contribution in [0.1, 0.15) is 11.7 Å². The van der Waals surface area contributed by atoms with Crippen molar-refractivity contribution < 1.29 is 24.7 Å². The number of ether oxygens (including phenoxy) is 1. The van der Waals surface area contributed by atoms with Crippen LogP contribution >= 0.6 is 0 Å². The molecule has 98 valence electrons. The summed E-state index contributed by atoms with van der Waals surface area (Å²) in [6.07, 6.45) is -1.74. The Labute approximate surface area is 103 Å². The molecule has 1 rings (SSSR count). The smallest absolute Gasteiger partial charge is 0.348 e. The molecule has 0 fully saturated rings. The van der Waals surface area contributed by atoms with Crippen LogP contribution in [0.3, 0.4) is 0 Å². The molecular formula is C11H13NO6. The largest absolute Gasteiger partial charge is 0.467 e. The van der Waals surface area contributed by atoms with Crippen LogP contribution in [0.4, 0.5) is 0 Å². The van der Waals surface area contributed by atoms with E-state index in [0.29, 0.717) is 0 Å². The summed E-state index contributed by atoms with van der Waals surface area (Å²) in [5, 5.41) is 30.4. The number of nitro groups is 1. The molecule has 7 heteroatoms. The van der Waals surface area contributed by atoms with Crippen LogP contribution in [0.15, 0.2) is 30.3 Å². The average Bonchev–Trinajstić information content (AvgIpc) is 2.36. The van der Waals surface area contributed by atoms with Crippen LogP contribution in [0, 0.1) is 10.1 Å². The van der Waals surface area contributed by atoms with Gasteiger partial charge >= 0.3 is 5.97 Å². The fourth-order valence-electron chi connectivity index (χ4n) is 1.55. The van der Waals surface area contributed by atoms with Gasteiger partial charge in [-0.3, -0.25) is 10.1 Å². The first-order valence-corrected chi connectivity index (χ1v) is 5.07. The van der Waals surface area contributed by atoms with E-state index < -0.39 is 29.1 Å². The van der Waals surface area contributed by atoms with Gasteiger partial charge in [-0.05, 0) is 5.56 Å². The number of carbonyl (C=O) groups excluding carboxylic acids is 1. The standard InChI is InChI=1S/C11H13NO6/c1-18-10(14)11(15,7-12(16)17)9(13)8-5-3-2-4-6-8/h2-6,9,13,15H,7H2,1H3. The maximum atomic E-state index is 11.4. The molecule has 0 spiro atoms. The van der Waals surface area contributed by atoms with Gasteiger partial charge in [0.15, 0.2) is 0 Å². The molecular weight excluding hydrogens is 242 g/mol. The van der Waals surface area contributed by atoms with E-state index in [-0.39, 0.29) is 5.56 Å². The van der Waals surface area contributed by atoms with Gasteiger partial charge in [-0.25, -0.2) is 4.79 Å². The number of carbonyl (C=O) groups is 1. The van der Waals surface area contributed by atoms with Gasteiger partial charge in [-0.1, -0.05) is 30.3 Å². The van der Waals surface area contributed by atoms with Crippen molar-refractivity contribution in [3.63, 3.8) is 0 Å². The van der Waals surface area contributed by atoms with Crippen LogP contribution in [-0.2, 0) is 9.53 Å². The Morgan fingerprint density at radius 1 is 1.50 bits per heavy atom. The molecule has 0 aliphatic rings. The van der Waals surface area contributed by atoms with Crippen LogP contribution < -0.4 is 0 Å². The third kappa shape index (κ3) is 2.82. The van der Waals surface area contributed by atoms with Gasteiger partial charge in [0.25, 0.3) is 5.60 Å². The van der Waals surface area contributed by atoms with Crippen molar-refractivity contribution in [1.82, 2.24) is 0 Å². The van der Waals surface area contributed by atoms with Gasteiger partial charge in [0.2, 0.25) is 6.54 Å². The summed E-state index contributed by atoms with van der Waals surface area (Å²) in [5.74, 6) is -1.25. The van der Waals surface area contributed by atoms with E-state index in [0.717, 1.165) is 7.11 Å². The predicted molar refractivity (Wildman–Crippen MR) is 60.2 cm³/mol. The molecule has 0 aromatic heterocycles. The first-order valence-electron chi connectivity index (χ1n) is 5.07. The second-order valence-corrected chi connectivity index (χ2v) is 3.72. The molecule has 1 aromatic carbocycles. The van der Waals surface area contributed by atoms with Crippen molar-refractivity contribution in [2.45, 2.75) is 11.7 Å². The first-order chi connectivity index (χ1) is 8.41. The second-order valence-electron chi connectivity index (χ2n) is 3.72. The van der Waals surface area contributed by atoms with E-state index in [9.17, 15) is 25.1 Å². The van der Waals surface area contributed by atoms with Crippen LogP contribution in [0.5, 0.6) is 0 Å². The summed E-state index contributed by atoms with van der Waals surface area (Å²) in [6.45, 7) is -1.14. The monoisotopic (exact) mass is 255 g/mol. The zero-order valence-corrected chi connectivity index (χ0v) is 9.65. The number of esters is 1. The fourth-order valence-corrected chi connectivity index (χ4v) is 1.55. The van der Waals surface area contributed by atoms with Crippen molar-refractivity contribution in [1.29, 1.82) is 0 Å². The summed E-state index contributed by atoms with van der Waals surface area (Å²) in [6, 6.07) is 7.70. The minimum atomic E-state index is -2.61. The third-order valence-electron chi connectivity index (χ3n) is 2.48. The molecule has 0 saturated heterocycles. The predicted octanol–water partition coefficient (Wildman–Crippen LogP) is -0.0992. The Bertz CT molecular complexity index is 434. The topological polar surface area (TPSA) is 110 Å². The highest BCUT2D eigenvalue weighted by Gasteiger charge is 2.50. The zero-order chi connectivity index (χ0) is 13.8. The second kappa shape index (κ2) is 5.56. The fraction of sp³-hybridized carbons (Fsp3) is 0.364. The van der Waals surface area contributed by atoms with E-state index in [1.54, 1.807) is 18.2 Å². The zero-order valence-electron chi connectivity index (χ0n) is 9.65. The molecule has 18 heavy (non-hydrogen) atoms. The molecule has 7 nitrogen and oxygen atoms in total. The number of benzene rings is 1. The number of rotatable bonds is 5. The molecule has 2 N–H and O–H groups in total. The van der Waals surface area contributed by atoms with E-state index in [2.05, 4.69) is 4.74 Å². The summed E-state index contributed by atoms with van der Waals surface area (Å²) in [5.41, 5.74) is -2.42. The molecule has 0 amide bonds. The number of aliphatic hydroxyl groups is 2. The Morgan fingerprint density at radius 3 is 2.50 bits per heavy atom. The van der Waals surface area contributed by atoms with Gasteiger partial charge in [0.05, 0.1) is 7.11 Å². The normalized spacial score (nSPS) is 15.5. The lowest BCUT2D eigenvalue weighted by atomic mass is 9.91. The van der Waals surface area contributed by atoms with Crippen LogP contribution in [-0.4, -0.2) is 40.4 Å². The molecule has 0 bridgehead atoms. The minimum absolute atomic E-state index is 0.187. The molecule has 0 radical (unpaired) electrons. The molecule has 0 heterocycles. The van der Waals surface area contributed by atoms with Gasteiger partial charge in [-0.2, -0.15) is 0 Å². The Balaban J connectivity index is 3.11. The highest BCUT2D eigenvalue weighted by atomic mass is 16.6. The summed E-state index contributed by atoms with van der Waals surface area (Å²) in [4.78, 5) is 21.1. The highest BCUT2D eigenvalue weighted by molar-refractivity contribution is 5.80. The summed E-state index contributed by atoms with van der Waals surface area (Å²) in [7, 11) is 0.977. The Morgan fingerprint density at radius 2 is 2.06 bits per heavy atom. The van der Waals surface area contributed by atoms with E-state index in [4.69, 9.17) is 0 Å². The van der Waals surface area contributed by atoms with Crippen LogP contribution in [0.2, 0.25) is 0 Å². The van der Waals surface area contributed by atoms with Crippen molar-refractivity contribution in [2.24, 2.45) is 0 Å². The van der Waals surface area contributed by atoms with E-state index >= 15 is 0 Å². The van der Waals surface area contributed by atoms with Gasteiger partial charge < -0.3 is 14.9 Å². The number of nitrogens with zero attached hydrogens (tertiary/aromatic N) is 1. The van der Waals surface area contributed by atoms with Gasteiger partial charge in [-0.15, -0.1) is 0 Å². The lowest BCUT2D eigenvalue weighted by molar-refractivity contribution is -0.501. The quantitative estimate of drug-likeness (QED) is 0.432. The number of aliphatic hydroxyl groups excluding tert-OH is 1. The Kier molecular flexibility index (Phi) is 4.35. The third-order valence-corrected chi connectivity index (χ3v) is 2.48. The molecule has 0 aliphatic carbocycles. The van der Waals surface area contributed by atoms with Crippen molar-refractivity contribution in [2.75, 3.05) is 13.7 Å². The average molecular weight is 255 g/mol. The minimum Gasteiger partial charge on any atom is -0.467 e. The van der Waals surface area contributed by atoms with E-state index in [1.807, 2.05) is 0 Å². The molecule has 0 aliphatic heterocycles. The number of hydrogen-bond acceptors (Lipinski definition) is 6. The lowest BCUT2D eigenvalue weighted by Crippen LogP contribution is -2.50. The molecule has 0 saturated carbocycles. The highest BCUT2D eigenvalue weighted by Crippen LogP contribution is 2.27. The van der Waals surface area contributed by atoms with Gasteiger partial charge in [0.1, 0.15) is 6.10 Å². The SMILES string of the molecule is COC(=O)C(O)(C[N+](=O)[O-])C(O)c1ccccc1. The molecule has 1 aromatic rings. The maximum Gasteiger partial charge on any atom is 0.348 e. The molecule has 2 unspecified atom stereocenters. The van der Waals surface area contributed by atoms with Crippen LogP contribution in [0.25, 0.3) is 0 Å². The number of hydrogen-bond donors (Lipinski definition) is 2. The summed E-state index contributed by atoms with van der Waals surface area (Å²) >= 11 is 0. The lowest BCUT2D eigenvalue weighted by Gasteiger charge is -2.26. The Hall–Kier alpha value is -1.99. The summed E-state index contributed by atoms with van der Waals surface area (Å²) < 4.78 is 4.31. The van der Waals surface area contributed by atoms with Crippen molar-refractivity contribution in [3.8, 4) is 0 Å². The van der Waals surface area contributed by atoms with Crippen molar-refractivity contribution >= 4 is 5.97 Å². The first kappa shape index (κ1) is 14.1. The van der Waals surface area contributed by atoms with Crippen molar-refractivity contribution in [3.05, 3.63) is 46.0 Å². The number of methoxy groups -OCH3 is 1.